The molecule has 1 aliphatic heterocycles. The smallest absolute Gasteiger partial charge is 0.465 e. The fourth-order valence-electron chi connectivity index (χ4n) is 2.09. The molecule has 0 bridgehead atoms. The van der Waals surface area contributed by atoms with Crippen LogP contribution in [0.5, 0.6) is 5.75 Å². The monoisotopic (exact) mass is 398 g/mol. The zero-order chi connectivity index (χ0) is 19.8. The molecule has 1 heterocycles. The SMILES string of the molecule is COC(=O)c1cc(C2OCC(C)(C)CO2)ccc1OS(=O)(=O)C(F)(F)F. The summed E-state index contributed by atoms with van der Waals surface area (Å²) < 4.78 is 79.5. The highest BCUT2D eigenvalue weighted by Gasteiger charge is 2.49. The van der Waals surface area contributed by atoms with Crippen LogP contribution >= 0.6 is 0 Å². The highest BCUT2D eigenvalue weighted by molar-refractivity contribution is 7.88. The largest absolute Gasteiger partial charge is 0.534 e. The number of alkyl halides is 3. The van der Waals surface area contributed by atoms with Gasteiger partial charge in [0.1, 0.15) is 5.56 Å². The molecule has 2 rings (SSSR count). The average molecular weight is 398 g/mol. The van der Waals surface area contributed by atoms with Gasteiger partial charge in [0.15, 0.2) is 12.0 Å². The molecular formula is C15H17F3O7S. The van der Waals surface area contributed by atoms with Gasteiger partial charge in [0.2, 0.25) is 0 Å². The molecule has 1 aromatic rings. The highest BCUT2D eigenvalue weighted by Crippen LogP contribution is 2.35. The minimum atomic E-state index is -5.94. The van der Waals surface area contributed by atoms with Crippen LogP contribution in [0.2, 0.25) is 0 Å². The molecule has 0 N–H and O–H groups in total. The zero-order valence-electron chi connectivity index (χ0n) is 14.1. The standard InChI is InChI=1S/C15H17F3O7S/c1-14(2)7-23-13(24-8-14)9-4-5-11(10(6-9)12(19)22-3)25-26(20,21)15(16,17)18/h4-6,13H,7-8H2,1-3H3. The van der Waals surface area contributed by atoms with Crippen LogP contribution < -0.4 is 4.18 Å². The van der Waals surface area contributed by atoms with E-state index in [2.05, 4.69) is 8.92 Å². The van der Waals surface area contributed by atoms with Crippen molar-refractivity contribution in [2.75, 3.05) is 20.3 Å². The fraction of sp³-hybridized carbons (Fsp3) is 0.533. The Balaban J connectivity index is 2.35. The first kappa shape index (κ1) is 20.5. The Morgan fingerprint density at radius 3 is 2.31 bits per heavy atom. The molecule has 1 saturated heterocycles. The molecule has 0 amide bonds. The summed E-state index contributed by atoms with van der Waals surface area (Å²) in [6.07, 6.45) is -0.861. The molecule has 0 saturated carbocycles. The lowest BCUT2D eigenvalue weighted by atomic mass is 9.95. The van der Waals surface area contributed by atoms with E-state index in [-0.39, 0.29) is 5.41 Å². The van der Waals surface area contributed by atoms with Crippen molar-refractivity contribution in [3.05, 3.63) is 29.3 Å². The normalized spacial score (nSPS) is 18.4. The van der Waals surface area contributed by atoms with Crippen molar-refractivity contribution in [2.24, 2.45) is 5.41 Å². The van der Waals surface area contributed by atoms with Gasteiger partial charge in [-0.2, -0.15) is 21.6 Å². The lowest BCUT2D eigenvalue weighted by molar-refractivity contribution is -0.226. The number of methoxy groups -OCH3 is 1. The van der Waals surface area contributed by atoms with E-state index in [9.17, 15) is 26.4 Å². The number of ether oxygens (including phenoxy) is 3. The number of esters is 1. The quantitative estimate of drug-likeness (QED) is 0.438. The van der Waals surface area contributed by atoms with Crippen molar-refractivity contribution in [3.8, 4) is 5.75 Å². The molecule has 0 aromatic heterocycles. The van der Waals surface area contributed by atoms with E-state index in [1.54, 1.807) is 0 Å². The highest BCUT2D eigenvalue weighted by atomic mass is 32.2. The van der Waals surface area contributed by atoms with Crippen LogP contribution in [0.1, 0.15) is 36.1 Å². The fourth-order valence-corrected chi connectivity index (χ4v) is 2.56. The van der Waals surface area contributed by atoms with E-state index in [1.165, 1.54) is 6.07 Å². The summed E-state index contributed by atoms with van der Waals surface area (Å²) in [7, 11) is -4.95. The third kappa shape index (κ3) is 4.46. The Labute approximate surface area is 148 Å². The molecule has 146 valence electrons. The Morgan fingerprint density at radius 2 is 1.81 bits per heavy atom. The first-order valence-corrected chi connectivity index (χ1v) is 8.73. The zero-order valence-corrected chi connectivity index (χ0v) is 14.9. The van der Waals surface area contributed by atoms with E-state index in [4.69, 9.17) is 9.47 Å². The predicted molar refractivity (Wildman–Crippen MR) is 81.8 cm³/mol. The third-order valence-corrected chi connectivity index (χ3v) is 4.38. The second kappa shape index (κ2) is 7.05. The van der Waals surface area contributed by atoms with Crippen LogP contribution in [0.25, 0.3) is 0 Å². The summed E-state index contributed by atoms with van der Waals surface area (Å²) in [5.74, 6) is -1.88. The Morgan fingerprint density at radius 1 is 1.23 bits per heavy atom. The van der Waals surface area contributed by atoms with Crippen molar-refractivity contribution in [1.82, 2.24) is 0 Å². The number of benzene rings is 1. The van der Waals surface area contributed by atoms with Gasteiger partial charge in [-0.05, 0) is 12.1 Å². The van der Waals surface area contributed by atoms with Crippen molar-refractivity contribution < 1.29 is 44.8 Å². The Kier molecular flexibility index (Phi) is 5.54. The molecule has 0 spiro atoms. The second-order valence-corrected chi connectivity index (χ2v) is 7.89. The number of hydrogen-bond acceptors (Lipinski definition) is 7. The van der Waals surface area contributed by atoms with Crippen molar-refractivity contribution in [2.45, 2.75) is 25.6 Å². The molecule has 11 heteroatoms. The number of hydrogen-bond donors (Lipinski definition) is 0. The summed E-state index contributed by atoms with van der Waals surface area (Å²) in [5.41, 5.74) is -6.06. The van der Waals surface area contributed by atoms with Gasteiger partial charge in [0.25, 0.3) is 0 Å². The van der Waals surface area contributed by atoms with Gasteiger partial charge in [-0.3, -0.25) is 0 Å². The summed E-state index contributed by atoms with van der Waals surface area (Å²) in [6, 6.07) is 3.27. The summed E-state index contributed by atoms with van der Waals surface area (Å²) in [6.45, 7) is 4.54. The van der Waals surface area contributed by atoms with Gasteiger partial charge < -0.3 is 18.4 Å². The van der Waals surface area contributed by atoms with Crippen LogP contribution in [0, 0.1) is 5.41 Å². The minimum Gasteiger partial charge on any atom is -0.465 e. The Bertz CT molecular complexity index is 777. The Hall–Kier alpha value is -1.85. The maximum absolute atomic E-state index is 12.5. The van der Waals surface area contributed by atoms with Crippen molar-refractivity contribution in [1.29, 1.82) is 0 Å². The van der Waals surface area contributed by atoms with Crippen LogP contribution in [0.15, 0.2) is 18.2 Å². The van der Waals surface area contributed by atoms with Gasteiger partial charge in [0.05, 0.1) is 20.3 Å². The van der Waals surface area contributed by atoms with E-state index < -0.39 is 39.2 Å². The number of carbonyl (C=O) groups excluding carboxylic acids is 1. The van der Waals surface area contributed by atoms with Gasteiger partial charge in [-0.15, -0.1) is 0 Å². The molecule has 1 aliphatic rings. The molecule has 0 atom stereocenters. The van der Waals surface area contributed by atoms with Crippen molar-refractivity contribution >= 4 is 16.1 Å². The van der Waals surface area contributed by atoms with Gasteiger partial charge in [-0.1, -0.05) is 19.9 Å². The van der Waals surface area contributed by atoms with Crippen LogP contribution in [-0.2, 0) is 24.3 Å². The average Bonchev–Trinajstić information content (AvgIpc) is 2.53. The summed E-state index contributed by atoms with van der Waals surface area (Å²) in [4.78, 5) is 11.8. The molecular weight excluding hydrogens is 381 g/mol. The van der Waals surface area contributed by atoms with Gasteiger partial charge >= 0.3 is 21.6 Å². The van der Waals surface area contributed by atoms with E-state index in [0.29, 0.717) is 18.8 Å². The van der Waals surface area contributed by atoms with E-state index in [1.807, 2.05) is 13.8 Å². The second-order valence-electron chi connectivity index (χ2n) is 6.35. The van der Waals surface area contributed by atoms with Crippen molar-refractivity contribution in [3.63, 3.8) is 0 Å². The summed E-state index contributed by atoms with van der Waals surface area (Å²) in [5, 5.41) is 0. The molecule has 0 unspecified atom stereocenters. The molecule has 26 heavy (non-hydrogen) atoms. The maximum Gasteiger partial charge on any atom is 0.534 e. The molecule has 0 aliphatic carbocycles. The molecule has 1 fully saturated rings. The number of rotatable bonds is 4. The topological polar surface area (TPSA) is 88.1 Å². The van der Waals surface area contributed by atoms with Crippen LogP contribution in [0.4, 0.5) is 13.2 Å². The lowest BCUT2D eigenvalue weighted by Crippen LogP contribution is -2.33. The lowest BCUT2D eigenvalue weighted by Gasteiger charge is -2.34. The van der Waals surface area contributed by atoms with Gasteiger partial charge in [0, 0.05) is 11.0 Å². The van der Waals surface area contributed by atoms with Gasteiger partial charge in [-0.25, -0.2) is 4.79 Å². The molecule has 1 aromatic carbocycles. The van der Waals surface area contributed by atoms with Crippen LogP contribution in [0.3, 0.4) is 0 Å². The first-order valence-electron chi connectivity index (χ1n) is 7.32. The third-order valence-electron chi connectivity index (χ3n) is 3.41. The molecule has 0 radical (unpaired) electrons. The first-order chi connectivity index (χ1) is 11.9. The number of carbonyl (C=O) groups is 1. The van der Waals surface area contributed by atoms with E-state index in [0.717, 1.165) is 19.2 Å². The van der Waals surface area contributed by atoms with E-state index >= 15 is 0 Å². The predicted octanol–water partition coefficient (Wildman–Crippen LogP) is 2.77. The maximum atomic E-state index is 12.5. The van der Waals surface area contributed by atoms with Crippen LogP contribution in [-0.4, -0.2) is 40.2 Å². The summed E-state index contributed by atoms with van der Waals surface area (Å²) >= 11 is 0. The number of halogens is 3. The molecule has 7 nitrogen and oxygen atoms in total. The minimum absolute atomic E-state index is 0.217.